The van der Waals surface area contributed by atoms with Crippen LogP contribution in [0.15, 0.2) is 29.1 Å². The summed E-state index contributed by atoms with van der Waals surface area (Å²) in [5, 5.41) is 9.89. The average Bonchev–Trinajstić information content (AvgIpc) is 2.49. The quantitative estimate of drug-likeness (QED) is 0.852. The summed E-state index contributed by atoms with van der Waals surface area (Å²) < 4.78 is 4.59. The zero-order valence-corrected chi connectivity index (χ0v) is 11.8. The van der Waals surface area contributed by atoms with E-state index < -0.39 is 0 Å². The van der Waals surface area contributed by atoms with Crippen LogP contribution in [0.3, 0.4) is 0 Å². The maximum atomic E-state index is 12.2. The molecule has 0 fully saturated rings. The number of hydrogen-bond acceptors (Lipinski definition) is 4. The molecule has 0 atom stereocenters. The highest BCUT2D eigenvalue weighted by Gasteiger charge is 2.12. The van der Waals surface area contributed by atoms with Crippen LogP contribution >= 0.6 is 0 Å². The first kappa shape index (κ1) is 14.8. The number of fused-ring (bicyclic) bond motifs is 1. The number of ether oxygens (including phenoxy) is 1. The van der Waals surface area contributed by atoms with Crippen LogP contribution < -0.4 is 5.56 Å². The molecule has 1 heterocycles. The molecule has 21 heavy (non-hydrogen) atoms. The van der Waals surface area contributed by atoms with Crippen molar-refractivity contribution in [2.45, 2.75) is 25.7 Å². The minimum Gasteiger partial charge on any atom is -0.469 e. The summed E-state index contributed by atoms with van der Waals surface area (Å²) in [6.07, 6.45) is 1.41. The molecule has 0 bridgehead atoms. The van der Waals surface area contributed by atoms with E-state index in [1.165, 1.54) is 7.11 Å². The molecule has 5 heteroatoms. The van der Waals surface area contributed by atoms with Crippen molar-refractivity contribution in [2.24, 2.45) is 0 Å². The lowest BCUT2D eigenvalue weighted by atomic mass is 9.97. The Morgan fingerprint density at radius 2 is 2.10 bits per heavy atom. The maximum Gasteiger partial charge on any atom is 0.305 e. The van der Waals surface area contributed by atoms with Crippen molar-refractivity contribution >= 4 is 16.9 Å². The van der Waals surface area contributed by atoms with E-state index in [1.54, 1.807) is 0 Å². The van der Waals surface area contributed by atoms with Gasteiger partial charge in [-0.2, -0.15) is 5.26 Å². The Bertz CT molecular complexity index is 756. The normalized spacial score (nSPS) is 10.3. The summed E-state index contributed by atoms with van der Waals surface area (Å²) in [6.45, 7) is 0. The van der Waals surface area contributed by atoms with E-state index in [0.717, 1.165) is 16.5 Å². The average molecular weight is 284 g/mol. The number of esters is 1. The second kappa shape index (κ2) is 6.71. The number of nitriles is 1. The number of aromatic amines is 1. The summed E-state index contributed by atoms with van der Waals surface area (Å²) in [4.78, 5) is 26.2. The standard InChI is InChI=1S/C16H16N2O3/c1-21-15(19)8-4-6-13-11(9-10-17)12-5-2-3-7-14(12)18-16(13)20/h2-3,5,7H,4,6,8-9H2,1H3,(H,18,20). The molecule has 0 aliphatic carbocycles. The fourth-order valence-corrected chi connectivity index (χ4v) is 2.41. The largest absolute Gasteiger partial charge is 0.469 e. The van der Waals surface area contributed by atoms with E-state index in [2.05, 4.69) is 15.8 Å². The first-order valence-corrected chi connectivity index (χ1v) is 6.74. The van der Waals surface area contributed by atoms with E-state index in [9.17, 15) is 9.59 Å². The molecule has 0 saturated carbocycles. The molecule has 0 spiro atoms. The van der Waals surface area contributed by atoms with E-state index in [-0.39, 0.29) is 24.4 Å². The van der Waals surface area contributed by atoms with Crippen LogP contribution in [-0.4, -0.2) is 18.1 Å². The molecule has 1 aromatic carbocycles. The van der Waals surface area contributed by atoms with E-state index in [0.29, 0.717) is 18.4 Å². The first-order valence-electron chi connectivity index (χ1n) is 6.74. The molecule has 1 aromatic heterocycles. The molecule has 0 unspecified atom stereocenters. The van der Waals surface area contributed by atoms with Crippen molar-refractivity contribution in [3.05, 3.63) is 45.7 Å². The van der Waals surface area contributed by atoms with Gasteiger partial charge in [-0.3, -0.25) is 9.59 Å². The third-order valence-electron chi connectivity index (χ3n) is 3.43. The van der Waals surface area contributed by atoms with Gasteiger partial charge in [0.25, 0.3) is 5.56 Å². The van der Waals surface area contributed by atoms with Crippen molar-refractivity contribution in [2.75, 3.05) is 7.11 Å². The lowest BCUT2D eigenvalue weighted by Gasteiger charge is -2.09. The number of methoxy groups -OCH3 is 1. The van der Waals surface area contributed by atoms with Crippen molar-refractivity contribution in [1.29, 1.82) is 5.26 Å². The zero-order valence-electron chi connectivity index (χ0n) is 11.8. The van der Waals surface area contributed by atoms with E-state index in [4.69, 9.17) is 5.26 Å². The van der Waals surface area contributed by atoms with Gasteiger partial charge in [0.2, 0.25) is 0 Å². The summed E-state index contributed by atoms with van der Waals surface area (Å²) in [5.74, 6) is -0.297. The van der Waals surface area contributed by atoms with Crippen LogP contribution in [0, 0.1) is 11.3 Å². The number of pyridine rings is 1. The fourth-order valence-electron chi connectivity index (χ4n) is 2.41. The summed E-state index contributed by atoms with van der Waals surface area (Å²) in [5.41, 5.74) is 1.87. The minimum absolute atomic E-state index is 0.179. The number of H-pyrrole nitrogens is 1. The van der Waals surface area contributed by atoms with Crippen LogP contribution in [-0.2, 0) is 22.4 Å². The SMILES string of the molecule is COC(=O)CCCc1c(CC#N)c2ccccc2[nH]c1=O. The van der Waals surface area contributed by atoms with Crippen LogP contribution in [0.5, 0.6) is 0 Å². The van der Waals surface area contributed by atoms with Gasteiger partial charge in [0.15, 0.2) is 0 Å². The number of hydrogen-bond donors (Lipinski definition) is 1. The number of para-hydroxylation sites is 1. The fraction of sp³-hybridized carbons (Fsp3) is 0.312. The van der Waals surface area contributed by atoms with Crippen molar-refractivity contribution in [1.82, 2.24) is 4.98 Å². The molecule has 1 N–H and O–H groups in total. The number of carbonyl (C=O) groups excluding carboxylic acids is 1. The van der Waals surface area contributed by atoms with Crippen LogP contribution in [0.1, 0.15) is 24.0 Å². The summed E-state index contributed by atoms with van der Waals surface area (Å²) >= 11 is 0. The Labute approximate surface area is 122 Å². The molecule has 0 amide bonds. The molecule has 2 aromatic rings. The van der Waals surface area contributed by atoms with Crippen molar-refractivity contribution in [3.8, 4) is 6.07 Å². The maximum absolute atomic E-state index is 12.2. The third-order valence-corrected chi connectivity index (χ3v) is 3.43. The zero-order chi connectivity index (χ0) is 15.2. The molecule has 0 aliphatic rings. The number of aromatic nitrogens is 1. The lowest BCUT2D eigenvalue weighted by Crippen LogP contribution is -2.17. The smallest absolute Gasteiger partial charge is 0.305 e. The number of nitrogens with zero attached hydrogens (tertiary/aromatic N) is 1. The number of carbonyl (C=O) groups is 1. The molecule has 0 saturated heterocycles. The van der Waals surface area contributed by atoms with Gasteiger partial charge in [0.1, 0.15) is 0 Å². The van der Waals surface area contributed by atoms with Gasteiger partial charge >= 0.3 is 5.97 Å². The van der Waals surface area contributed by atoms with Gasteiger partial charge in [0.05, 0.1) is 19.6 Å². The Hall–Kier alpha value is -2.61. The molecular formula is C16H16N2O3. The van der Waals surface area contributed by atoms with Crippen LogP contribution in [0.4, 0.5) is 0 Å². The van der Waals surface area contributed by atoms with Crippen molar-refractivity contribution < 1.29 is 9.53 Å². The summed E-state index contributed by atoms with van der Waals surface area (Å²) in [7, 11) is 1.34. The highest BCUT2D eigenvalue weighted by atomic mass is 16.5. The van der Waals surface area contributed by atoms with E-state index >= 15 is 0 Å². The van der Waals surface area contributed by atoms with Gasteiger partial charge in [-0.05, 0) is 24.5 Å². The van der Waals surface area contributed by atoms with Crippen molar-refractivity contribution in [3.63, 3.8) is 0 Å². The topological polar surface area (TPSA) is 82.9 Å². The van der Waals surface area contributed by atoms with Gasteiger partial charge < -0.3 is 9.72 Å². The predicted molar refractivity (Wildman–Crippen MR) is 78.8 cm³/mol. The molecule has 108 valence electrons. The number of benzene rings is 1. The predicted octanol–water partition coefficient (Wildman–Crippen LogP) is 2.09. The Kier molecular flexibility index (Phi) is 4.72. The third kappa shape index (κ3) is 3.29. The highest BCUT2D eigenvalue weighted by Crippen LogP contribution is 2.20. The van der Waals surface area contributed by atoms with Gasteiger partial charge in [-0.25, -0.2) is 0 Å². The number of rotatable bonds is 5. The molecule has 2 rings (SSSR count). The minimum atomic E-state index is -0.297. The van der Waals surface area contributed by atoms with Crippen LogP contribution in [0.25, 0.3) is 10.9 Å². The monoisotopic (exact) mass is 284 g/mol. The lowest BCUT2D eigenvalue weighted by molar-refractivity contribution is -0.140. The second-order valence-electron chi connectivity index (χ2n) is 4.72. The Morgan fingerprint density at radius 3 is 2.81 bits per heavy atom. The van der Waals surface area contributed by atoms with E-state index in [1.807, 2.05) is 24.3 Å². The molecule has 5 nitrogen and oxygen atoms in total. The molecule has 0 radical (unpaired) electrons. The van der Waals surface area contributed by atoms with Gasteiger partial charge in [-0.1, -0.05) is 18.2 Å². The van der Waals surface area contributed by atoms with Gasteiger partial charge in [0, 0.05) is 22.9 Å². The van der Waals surface area contributed by atoms with Crippen LogP contribution in [0.2, 0.25) is 0 Å². The number of nitrogens with one attached hydrogen (secondary N) is 1. The van der Waals surface area contributed by atoms with Gasteiger partial charge in [-0.15, -0.1) is 0 Å². The first-order chi connectivity index (χ1) is 10.2. The second-order valence-corrected chi connectivity index (χ2v) is 4.72. The summed E-state index contributed by atoms with van der Waals surface area (Å²) in [6, 6.07) is 9.53. The Balaban J connectivity index is 2.39. The Morgan fingerprint density at radius 1 is 1.33 bits per heavy atom. The molecule has 0 aliphatic heterocycles. The highest BCUT2D eigenvalue weighted by molar-refractivity contribution is 5.83. The molecular weight excluding hydrogens is 268 g/mol.